The number of hydrogen-bond donors (Lipinski definition) is 0. The Bertz CT molecular complexity index is 170. The standard InChI is InChI=1S/C14H31NSi/c1-6-9-11-15(12-10-7-2)14-16(4,5)13-8-3/h8H,3,6-7,9-14H2,1-2,4-5H3. The molecular formula is C14H31NSi. The van der Waals surface area contributed by atoms with Crippen molar-refractivity contribution in [2.75, 3.05) is 19.3 Å². The molecule has 0 aromatic heterocycles. The molecule has 1 nitrogen and oxygen atoms in total. The van der Waals surface area contributed by atoms with Crippen molar-refractivity contribution >= 4 is 8.07 Å². The van der Waals surface area contributed by atoms with Gasteiger partial charge in [0, 0.05) is 0 Å². The second-order valence-electron chi connectivity index (χ2n) is 5.64. The van der Waals surface area contributed by atoms with Gasteiger partial charge in [-0.25, -0.2) is 0 Å². The van der Waals surface area contributed by atoms with E-state index in [2.05, 4.69) is 44.5 Å². The van der Waals surface area contributed by atoms with Gasteiger partial charge >= 0.3 is 0 Å². The lowest BCUT2D eigenvalue weighted by Crippen LogP contribution is -2.43. The van der Waals surface area contributed by atoms with Crippen molar-refractivity contribution in [2.24, 2.45) is 0 Å². The average Bonchev–Trinajstić information content (AvgIpc) is 2.21. The van der Waals surface area contributed by atoms with E-state index in [1.807, 2.05) is 0 Å². The fourth-order valence-corrected chi connectivity index (χ4v) is 4.53. The molecule has 16 heavy (non-hydrogen) atoms. The summed E-state index contributed by atoms with van der Waals surface area (Å²) in [6, 6.07) is 1.25. The molecule has 0 aliphatic heterocycles. The third-order valence-electron chi connectivity index (χ3n) is 3.00. The summed E-state index contributed by atoms with van der Waals surface area (Å²) in [5.41, 5.74) is 0. The van der Waals surface area contributed by atoms with Gasteiger partial charge in [-0.1, -0.05) is 45.9 Å². The summed E-state index contributed by atoms with van der Waals surface area (Å²) in [7, 11) is -1.06. The van der Waals surface area contributed by atoms with Crippen LogP contribution >= 0.6 is 0 Å². The minimum Gasteiger partial charge on any atom is -0.306 e. The zero-order chi connectivity index (χ0) is 12.4. The maximum atomic E-state index is 3.89. The van der Waals surface area contributed by atoms with Crippen LogP contribution < -0.4 is 0 Å². The van der Waals surface area contributed by atoms with Gasteiger partial charge in [0.15, 0.2) is 0 Å². The number of hydrogen-bond acceptors (Lipinski definition) is 1. The van der Waals surface area contributed by atoms with Crippen LogP contribution in [0.2, 0.25) is 19.1 Å². The first-order valence-corrected chi connectivity index (χ1v) is 10.3. The Morgan fingerprint density at radius 2 is 1.56 bits per heavy atom. The summed E-state index contributed by atoms with van der Waals surface area (Å²) in [5, 5.41) is 0. The summed E-state index contributed by atoms with van der Waals surface area (Å²) in [6.07, 6.45) is 8.78. The Labute approximate surface area is 104 Å². The molecule has 0 saturated carbocycles. The molecule has 0 bridgehead atoms. The predicted molar refractivity (Wildman–Crippen MR) is 78.7 cm³/mol. The highest BCUT2D eigenvalue weighted by molar-refractivity contribution is 6.77. The first-order chi connectivity index (χ1) is 7.55. The van der Waals surface area contributed by atoms with Crippen LogP contribution in [-0.2, 0) is 0 Å². The number of rotatable bonds is 10. The Morgan fingerprint density at radius 1 is 1.06 bits per heavy atom. The van der Waals surface area contributed by atoms with E-state index in [9.17, 15) is 0 Å². The first-order valence-electron chi connectivity index (χ1n) is 6.89. The number of allylic oxidation sites excluding steroid dienone is 1. The van der Waals surface area contributed by atoms with E-state index in [1.54, 1.807) is 0 Å². The molecule has 0 aromatic rings. The Hall–Kier alpha value is -0.0831. The predicted octanol–water partition coefficient (Wildman–Crippen LogP) is 4.32. The topological polar surface area (TPSA) is 3.24 Å². The van der Waals surface area contributed by atoms with Crippen LogP contribution in [0.1, 0.15) is 39.5 Å². The monoisotopic (exact) mass is 241 g/mol. The lowest BCUT2D eigenvalue weighted by atomic mass is 10.3. The molecule has 0 aliphatic carbocycles. The highest BCUT2D eigenvalue weighted by Crippen LogP contribution is 2.13. The van der Waals surface area contributed by atoms with Gasteiger partial charge in [-0.15, -0.1) is 6.58 Å². The fraction of sp³-hybridized carbons (Fsp3) is 0.857. The Morgan fingerprint density at radius 3 is 1.94 bits per heavy atom. The summed E-state index contributed by atoms with van der Waals surface area (Å²) in [5.74, 6) is 0. The van der Waals surface area contributed by atoms with Crippen molar-refractivity contribution in [1.82, 2.24) is 4.90 Å². The van der Waals surface area contributed by atoms with Gasteiger partial charge in [0.1, 0.15) is 0 Å². The quantitative estimate of drug-likeness (QED) is 0.407. The maximum absolute atomic E-state index is 3.89. The molecule has 0 spiro atoms. The third-order valence-corrected chi connectivity index (χ3v) is 5.70. The van der Waals surface area contributed by atoms with Crippen molar-refractivity contribution in [2.45, 2.75) is 58.7 Å². The van der Waals surface area contributed by atoms with Crippen LogP contribution in [0, 0.1) is 0 Å². The molecule has 0 unspecified atom stereocenters. The van der Waals surface area contributed by atoms with E-state index in [1.165, 1.54) is 51.0 Å². The van der Waals surface area contributed by atoms with E-state index in [0.717, 1.165) is 0 Å². The van der Waals surface area contributed by atoms with Crippen LogP contribution in [0.3, 0.4) is 0 Å². The van der Waals surface area contributed by atoms with Gasteiger partial charge in [-0.3, -0.25) is 0 Å². The number of unbranched alkanes of at least 4 members (excludes halogenated alkanes) is 2. The van der Waals surface area contributed by atoms with E-state index in [4.69, 9.17) is 0 Å². The zero-order valence-electron chi connectivity index (χ0n) is 11.9. The second kappa shape index (κ2) is 9.00. The SMILES string of the molecule is C=CC[Si](C)(C)CN(CCCC)CCCC. The molecule has 0 saturated heterocycles. The van der Waals surface area contributed by atoms with Gasteiger partial charge in [0.25, 0.3) is 0 Å². The summed E-state index contributed by atoms with van der Waals surface area (Å²) in [6.45, 7) is 16.0. The Kier molecular flexibility index (Phi) is 8.95. The van der Waals surface area contributed by atoms with Crippen LogP contribution in [0.25, 0.3) is 0 Å². The average molecular weight is 241 g/mol. The highest BCUT2D eigenvalue weighted by atomic mass is 28.3. The van der Waals surface area contributed by atoms with E-state index in [0.29, 0.717) is 0 Å². The molecule has 2 heteroatoms. The van der Waals surface area contributed by atoms with Gasteiger partial charge in [-0.2, -0.15) is 0 Å². The first kappa shape index (κ1) is 15.9. The van der Waals surface area contributed by atoms with Crippen molar-refractivity contribution in [3.8, 4) is 0 Å². The van der Waals surface area contributed by atoms with Crippen molar-refractivity contribution in [3.05, 3.63) is 12.7 Å². The molecule has 0 rings (SSSR count). The minimum atomic E-state index is -1.06. The molecule has 0 aromatic carbocycles. The van der Waals surface area contributed by atoms with Crippen molar-refractivity contribution in [1.29, 1.82) is 0 Å². The minimum absolute atomic E-state index is 1.06. The van der Waals surface area contributed by atoms with Crippen LogP contribution in [0.4, 0.5) is 0 Å². The largest absolute Gasteiger partial charge is 0.306 e. The summed E-state index contributed by atoms with van der Waals surface area (Å²) < 4.78 is 0. The van der Waals surface area contributed by atoms with E-state index in [-0.39, 0.29) is 0 Å². The lowest BCUT2D eigenvalue weighted by molar-refractivity contribution is 0.301. The molecule has 0 heterocycles. The van der Waals surface area contributed by atoms with Gasteiger partial charge in [0.05, 0.1) is 8.07 Å². The molecule has 0 atom stereocenters. The summed E-state index contributed by atoms with van der Waals surface area (Å²) >= 11 is 0. The smallest absolute Gasteiger partial charge is 0.0666 e. The van der Waals surface area contributed by atoms with Gasteiger partial charge in [-0.05, 0) is 38.1 Å². The van der Waals surface area contributed by atoms with E-state index >= 15 is 0 Å². The molecular weight excluding hydrogens is 210 g/mol. The van der Waals surface area contributed by atoms with Gasteiger partial charge in [0.2, 0.25) is 0 Å². The third kappa shape index (κ3) is 8.11. The molecule has 0 amide bonds. The molecule has 0 N–H and O–H groups in total. The van der Waals surface area contributed by atoms with Gasteiger partial charge < -0.3 is 4.90 Å². The molecule has 0 fully saturated rings. The summed E-state index contributed by atoms with van der Waals surface area (Å²) in [4.78, 5) is 2.70. The fourth-order valence-electron chi connectivity index (χ4n) is 2.09. The van der Waals surface area contributed by atoms with Crippen molar-refractivity contribution < 1.29 is 0 Å². The zero-order valence-corrected chi connectivity index (χ0v) is 12.9. The van der Waals surface area contributed by atoms with Crippen LogP contribution in [-0.4, -0.2) is 32.2 Å². The van der Waals surface area contributed by atoms with Crippen LogP contribution in [0.5, 0.6) is 0 Å². The normalized spacial score (nSPS) is 12.1. The molecule has 96 valence electrons. The number of nitrogens with zero attached hydrogens (tertiary/aromatic N) is 1. The molecule has 0 radical (unpaired) electrons. The van der Waals surface area contributed by atoms with Crippen LogP contribution in [0.15, 0.2) is 12.7 Å². The lowest BCUT2D eigenvalue weighted by Gasteiger charge is -2.30. The highest BCUT2D eigenvalue weighted by Gasteiger charge is 2.22. The van der Waals surface area contributed by atoms with Crippen molar-refractivity contribution in [3.63, 3.8) is 0 Å². The Balaban J connectivity index is 4.10. The maximum Gasteiger partial charge on any atom is 0.0666 e. The second-order valence-corrected chi connectivity index (χ2v) is 10.7. The molecule has 0 aliphatic rings. The van der Waals surface area contributed by atoms with E-state index < -0.39 is 8.07 Å².